The van der Waals surface area contributed by atoms with Crippen molar-refractivity contribution in [2.45, 2.75) is 221 Å². The number of carbonyl (C=O) groups is 1. The van der Waals surface area contributed by atoms with Gasteiger partial charge in [0.2, 0.25) is 0 Å². The summed E-state index contributed by atoms with van der Waals surface area (Å²) in [5, 5.41) is 21.6. The number of aliphatic hydroxyl groups excluding tert-OH is 1. The van der Waals surface area contributed by atoms with Crippen LogP contribution in [0.3, 0.4) is 0 Å². The monoisotopic (exact) mass is 713 g/mol. The summed E-state index contributed by atoms with van der Waals surface area (Å²) in [6, 6.07) is 0. The molecule has 294 valence electrons. The average Bonchev–Trinajstić information content (AvgIpc) is 3.35. The minimum absolute atomic E-state index is 0.00533. The first-order valence-corrected chi connectivity index (χ1v) is 22.0. The number of hydrogen-bond acceptors (Lipinski definition) is 5. The first-order valence-electron chi connectivity index (χ1n) is 22.0. The Bertz CT molecular complexity index is 1170. The number of hydrogen-bond donors (Lipinski definition) is 2. The largest absolute Gasteiger partial charge is 0.462 e. The van der Waals surface area contributed by atoms with E-state index in [1.807, 2.05) is 0 Å². The predicted molar refractivity (Wildman–Crippen MR) is 209 cm³/mol. The summed E-state index contributed by atoms with van der Waals surface area (Å²) >= 11 is 0. The van der Waals surface area contributed by atoms with E-state index in [4.69, 9.17) is 9.47 Å². The van der Waals surface area contributed by atoms with Crippen molar-refractivity contribution in [3.05, 3.63) is 11.6 Å². The Morgan fingerprint density at radius 2 is 1.47 bits per heavy atom. The summed E-state index contributed by atoms with van der Waals surface area (Å²) in [5.41, 5.74) is 1.20. The van der Waals surface area contributed by atoms with Gasteiger partial charge in [-0.05, 0) is 112 Å². The smallest absolute Gasteiger partial charge is 0.306 e. The minimum atomic E-state index is -1.04. The zero-order chi connectivity index (χ0) is 37.1. The first kappa shape index (κ1) is 41.3. The molecule has 0 spiro atoms. The molecule has 0 aromatic heterocycles. The molecule has 5 aliphatic rings. The zero-order valence-corrected chi connectivity index (χ0v) is 34.5. The van der Waals surface area contributed by atoms with Crippen LogP contribution in [0.5, 0.6) is 0 Å². The van der Waals surface area contributed by atoms with Gasteiger partial charge in [0.05, 0.1) is 18.3 Å². The number of allylic oxidation sites excluding steroid dienone is 2. The van der Waals surface area contributed by atoms with Gasteiger partial charge in [0.25, 0.3) is 0 Å². The van der Waals surface area contributed by atoms with Gasteiger partial charge in [0.15, 0.2) is 0 Å². The van der Waals surface area contributed by atoms with Gasteiger partial charge >= 0.3 is 5.97 Å². The van der Waals surface area contributed by atoms with E-state index in [9.17, 15) is 15.0 Å². The Kier molecular flexibility index (Phi) is 13.6. The summed E-state index contributed by atoms with van der Waals surface area (Å²) in [6.45, 7) is 18.9. The molecule has 0 aromatic rings. The van der Waals surface area contributed by atoms with Gasteiger partial charge < -0.3 is 19.7 Å². The molecule has 0 bridgehead atoms. The van der Waals surface area contributed by atoms with E-state index in [-0.39, 0.29) is 33.7 Å². The number of fused-ring (bicyclic) bond motifs is 5. The zero-order valence-electron chi connectivity index (χ0n) is 34.5. The Balaban J connectivity index is 1.11. The summed E-state index contributed by atoms with van der Waals surface area (Å²) in [5.74, 6) is 1.97. The molecular formula is C46H80O5. The Hall–Kier alpha value is -0.910. The van der Waals surface area contributed by atoms with Crippen molar-refractivity contribution in [2.75, 3.05) is 6.61 Å². The number of esters is 1. The molecule has 2 N–H and O–H groups in total. The van der Waals surface area contributed by atoms with E-state index in [0.717, 1.165) is 38.5 Å². The molecule has 51 heavy (non-hydrogen) atoms. The van der Waals surface area contributed by atoms with Crippen molar-refractivity contribution < 1.29 is 24.5 Å². The molecule has 3 saturated carbocycles. The maximum Gasteiger partial charge on any atom is 0.306 e. The lowest BCUT2D eigenvalue weighted by Gasteiger charge is -2.64. The topological polar surface area (TPSA) is 76.0 Å². The molecule has 5 heteroatoms. The van der Waals surface area contributed by atoms with E-state index in [0.29, 0.717) is 36.7 Å². The highest BCUT2D eigenvalue weighted by molar-refractivity contribution is 5.69. The second-order valence-electron chi connectivity index (χ2n) is 20.2. The second kappa shape index (κ2) is 16.8. The Labute approximate surface area is 313 Å². The predicted octanol–water partition coefficient (Wildman–Crippen LogP) is 11.5. The van der Waals surface area contributed by atoms with E-state index in [2.05, 4.69) is 47.6 Å². The van der Waals surface area contributed by atoms with Crippen molar-refractivity contribution >= 4 is 5.97 Å². The summed E-state index contributed by atoms with van der Waals surface area (Å²) in [7, 11) is 0. The average molecular weight is 713 g/mol. The molecule has 1 aliphatic heterocycles. The highest BCUT2D eigenvalue weighted by Gasteiger charge is 2.66. The molecule has 1 saturated heterocycles. The third-order valence-corrected chi connectivity index (χ3v) is 16.2. The lowest BCUT2D eigenvalue weighted by Crippen LogP contribution is -2.59. The van der Waals surface area contributed by atoms with E-state index in [1.54, 1.807) is 19.4 Å². The second-order valence-corrected chi connectivity index (χ2v) is 20.2. The summed E-state index contributed by atoms with van der Waals surface area (Å²) in [6.07, 6.45) is 28.0. The summed E-state index contributed by atoms with van der Waals surface area (Å²) < 4.78 is 12.6. The maximum atomic E-state index is 13.1. The lowest BCUT2D eigenvalue weighted by atomic mass is 9.41. The van der Waals surface area contributed by atoms with Crippen molar-refractivity contribution in [1.29, 1.82) is 0 Å². The van der Waals surface area contributed by atoms with Gasteiger partial charge in [0.1, 0.15) is 12.2 Å². The first-order chi connectivity index (χ1) is 24.1. The van der Waals surface area contributed by atoms with Gasteiger partial charge in [-0.3, -0.25) is 4.79 Å². The van der Waals surface area contributed by atoms with Crippen LogP contribution in [0.2, 0.25) is 0 Å². The molecule has 0 unspecified atom stereocenters. The minimum Gasteiger partial charge on any atom is -0.462 e. The number of unbranched alkanes of at least 4 members (excludes halogenated alkanes) is 12. The van der Waals surface area contributed by atoms with Gasteiger partial charge in [-0.25, -0.2) is 0 Å². The number of rotatable bonds is 17. The van der Waals surface area contributed by atoms with Crippen LogP contribution >= 0.6 is 0 Å². The van der Waals surface area contributed by atoms with Crippen LogP contribution in [0, 0.1) is 45.3 Å². The quantitative estimate of drug-likeness (QED) is 0.0892. The Morgan fingerprint density at radius 1 is 0.863 bits per heavy atom. The van der Waals surface area contributed by atoms with E-state index < -0.39 is 17.8 Å². The number of carbonyl (C=O) groups excluding carboxylic acids is 1. The van der Waals surface area contributed by atoms with Crippen LogP contribution < -0.4 is 0 Å². The molecule has 1 heterocycles. The van der Waals surface area contributed by atoms with Crippen molar-refractivity contribution in [2.24, 2.45) is 45.3 Å². The highest BCUT2D eigenvalue weighted by Crippen LogP contribution is 2.73. The van der Waals surface area contributed by atoms with E-state index >= 15 is 0 Å². The van der Waals surface area contributed by atoms with Crippen LogP contribution in [0.15, 0.2) is 11.6 Å². The van der Waals surface area contributed by atoms with Crippen molar-refractivity contribution in [3.8, 4) is 0 Å². The fraction of sp³-hybridized carbons (Fsp3) is 0.935. The molecular weight excluding hydrogens is 633 g/mol. The van der Waals surface area contributed by atoms with Crippen molar-refractivity contribution in [1.82, 2.24) is 0 Å². The standard InChI is InChI=1S/C46H80O5/c1-9-10-11-12-13-14-15-16-17-18-19-20-21-22-40(48)51-39-27-28-44(6)35-26-30-45(7)34(33-31-37(47)41(50-32-33)43(4,5)49)25-29-46(45,8)36(35)23-24-38(44)42(39,2)3/h23,33-35,37-39,41,47,49H,9-22,24-32H2,1-8H3/t33-,34+,35+,37-,38+,39+,41-,44-,45+,46-/m1/s1. The third kappa shape index (κ3) is 8.51. The Morgan fingerprint density at radius 3 is 2.06 bits per heavy atom. The van der Waals surface area contributed by atoms with Gasteiger partial charge in [-0.15, -0.1) is 0 Å². The van der Waals surface area contributed by atoms with Crippen LogP contribution in [-0.2, 0) is 14.3 Å². The maximum absolute atomic E-state index is 13.1. The molecule has 10 atom stereocenters. The molecule has 5 rings (SSSR count). The van der Waals surface area contributed by atoms with Crippen LogP contribution in [-0.4, -0.2) is 46.7 Å². The molecule has 4 aliphatic carbocycles. The fourth-order valence-corrected chi connectivity index (χ4v) is 13.0. The van der Waals surface area contributed by atoms with Gasteiger partial charge in [0, 0.05) is 11.8 Å². The number of ether oxygens (including phenoxy) is 2. The fourth-order valence-electron chi connectivity index (χ4n) is 13.0. The number of aliphatic hydroxyl groups is 2. The van der Waals surface area contributed by atoms with Crippen molar-refractivity contribution in [3.63, 3.8) is 0 Å². The summed E-state index contributed by atoms with van der Waals surface area (Å²) in [4.78, 5) is 13.1. The molecule has 0 amide bonds. The molecule has 5 nitrogen and oxygen atoms in total. The van der Waals surface area contributed by atoms with E-state index in [1.165, 1.54) is 96.3 Å². The van der Waals surface area contributed by atoms with Gasteiger partial charge in [-0.2, -0.15) is 0 Å². The molecule has 4 fully saturated rings. The third-order valence-electron chi connectivity index (χ3n) is 16.2. The highest BCUT2D eigenvalue weighted by atomic mass is 16.5. The lowest BCUT2D eigenvalue weighted by molar-refractivity contribution is -0.189. The van der Waals surface area contributed by atoms with Crippen LogP contribution in [0.25, 0.3) is 0 Å². The van der Waals surface area contributed by atoms with Crippen LogP contribution in [0.1, 0.15) is 197 Å². The van der Waals surface area contributed by atoms with Crippen LogP contribution in [0.4, 0.5) is 0 Å². The molecule has 0 radical (unpaired) electrons. The van der Waals surface area contributed by atoms with Gasteiger partial charge in [-0.1, -0.05) is 130 Å². The SMILES string of the molecule is CCCCCCCCCCCCCCCC(=O)O[C@H]1CC[C@]2(C)[C@H]3CC[C@@]4(C)[C@H]([C@H]5CO[C@@H](C(C)(C)O)[C@H](O)C5)CC[C@]4(C)C3=CC[C@H]2C1(C)C. The molecule has 0 aromatic carbocycles. The normalized spacial score (nSPS) is 39.1.